The zero-order valence-electron chi connectivity index (χ0n) is 8.22. The average molecular weight is 176 g/mol. The van der Waals surface area contributed by atoms with E-state index in [4.69, 9.17) is 0 Å². The molecular weight excluding hydrogens is 162 g/mol. The Hall–Kier alpha value is -1.31. The van der Waals surface area contributed by atoms with E-state index >= 15 is 0 Å². The summed E-state index contributed by atoms with van der Waals surface area (Å²) in [5.41, 5.74) is 0.387. The van der Waals surface area contributed by atoms with Gasteiger partial charge >= 0.3 is 0 Å². The zero-order chi connectivity index (χ0) is 9.90. The molecular formula is C11H14NO. The van der Waals surface area contributed by atoms with Crippen LogP contribution in [0.5, 0.6) is 0 Å². The van der Waals surface area contributed by atoms with Crippen molar-refractivity contribution in [1.82, 2.24) is 5.32 Å². The lowest BCUT2D eigenvalue weighted by atomic mass is 10.1. The molecule has 0 fully saturated rings. The van der Waals surface area contributed by atoms with Crippen molar-refractivity contribution in [3.8, 4) is 0 Å². The highest BCUT2D eigenvalue weighted by Crippen LogP contribution is 2.03. The molecule has 0 aromatic heterocycles. The Labute approximate surface area is 79.0 Å². The molecule has 2 nitrogen and oxygen atoms in total. The van der Waals surface area contributed by atoms with Crippen molar-refractivity contribution in [3.63, 3.8) is 0 Å². The fourth-order valence-corrected chi connectivity index (χ4v) is 0.943. The maximum Gasteiger partial charge on any atom is 0.252 e. The third-order valence-corrected chi connectivity index (χ3v) is 1.44. The van der Waals surface area contributed by atoms with Crippen molar-refractivity contribution in [2.45, 2.75) is 26.3 Å². The summed E-state index contributed by atoms with van der Waals surface area (Å²) in [6.07, 6.45) is 0. The fourth-order valence-electron chi connectivity index (χ4n) is 0.943. The van der Waals surface area contributed by atoms with E-state index in [1.54, 1.807) is 12.1 Å². The summed E-state index contributed by atoms with van der Waals surface area (Å²) >= 11 is 0. The van der Waals surface area contributed by atoms with Gasteiger partial charge in [-0.05, 0) is 32.9 Å². The van der Waals surface area contributed by atoms with Crippen molar-refractivity contribution >= 4 is 5.91 Å². The molecule has 1 radical (unpaired) electrons. The monoisotopic (exact) mass is 176 g/mol. The van der Waals surface area contributed by atoms with Crippen LogP contribution in [-0.4, -0.2) is 11.4 Å². The van der Waals surface area contributed by atoms with Gasteiger partial charge in [-0.2, -0.15) is 0 Å². The summed E-state index contributed by atoms with van der Waals surface area (Å²) in [5.74, 6) is -0.0758. The largest absolute Gasteiger partial charge is 0.347 e. The first-order valence-corrected chi connectivity index (χ1v) is 4.28. The van der Waals surface area contributed by atoms with Crippen molar-refractivity contribution in [1.29, 1.82) is 0 Å². The fraction of sp³-hybridized carbons (Fsp3) is 0.364. The second-order valence-electron chi connectivity index (χ2n) is 3.98. The Morgan fingerprint density at radius 1 is 1.38 bits per heavy atom. The van der Waals surface area contributed by atoms with E-state index in [1.165, 1.54) is 0 Å². The molecule has 0 atom stereocenters. The van der Waals surface area contributed by atoms with E-state index in [0.717, 1.165) is 0 Å². The average Bonchev–Trinajstić information content (AvgIpc) is 2.03. The number of rotatable bonds is 1. The van der Waals surface area contributed by atoms with Gasteiger partial charge in [-0.25, -0.2) is 0 Å². The summed E-state index contributed by atoms with van der Waals surface area (Å²) in [6.45, 7) is 5.86. The molecule has 69 valence electrons. The van der Waals surface area contributed by atoms with E-state index in [9.17, 15) is 4.79 Å². The van der Waals surface area contributed by atoms with Crippen molar-refractivity contribution < 1.29 is 4.79 Å². The molecule has 0 spiro atoms. The Balaban J connectivity index is 2.71. The first kappa shape index (κ1) is 9.78. The lowest BCUT2D eigenvalue weighted by molar-refractivity contribution is 0.0919. The van der Waals surface area contributed by atoms with Crippen LogP contribution in [0.1, 0.15) is 31.1 Å². The molecule has 1 aromatic rings. The predicted octanol–water partition coefficient (Wildman–Crippen LogP) is 2.02. The highest BCUT2D eigenvalue weighted by Gasteiger charge is 2.14. The van der Waals surface area contributed by atoms with Gasteiger partial charge in [0.1, 0.15) is 0 Å². The van der Waals surface area contributed by atoms with Crippen LogP contribution in [0.2, 0.25) is 0 Å². The highest BCUT2D eigenvalue weighted by atomic mass is 16.1. The molecule has 1 rings (SSSR count). The minimum atomic E-state index is -0.194. The van der Waals surface area contributed by atoms with E-state index < -0.39 is 0 Å². The number of hydrogen-bond donors (Lipinski definition) is 1. The lowest BCUT2D eigenvalue weighted by Gasteiger charge is -2.20. The van der Waals surface area contributed by atoms with Gasteiger partial charge in [0.2, 0.25) is 0 Å². The smallest absolute Gasteiger partial charge is 0.252 e. The Morgan fingerprint density at radius 2 is 2.08 bits per heavy atom. The Kier molecular flexibility index (Phi) is 2.71. The SMILES string of the molecule is CC(C)(C)NC(=O)c1[c]cccc1. The molecule has 1 amide bonds. The number of hydrogen-bond acceptors (Lipinski definition) is 1. The van der Waals surface area contributed by atoms with Crippen molar-refractivity contribution in [2.24, 2.45) is 0 Å². The molecule has 0 heterocycles. The summed E-state index contributed by atoms with van der Waals surface area (Å²) in [7, 11) is 0. The van der Waals surface area contributed by atoms with Crippen LogP contribution in [0.3, 0.4) is 0 Å². The van der Waals surface area contributed by atoms with Gasteiger partial charge in [0.15, 0.2) is 0 Å². The van der Waals surface area contributed by atoms with Crippen LogP contribution in [0.25, 0.3) is 0 Å². The number of benzene rings is 1. The molecule has 2 heteroatoms. The number of nitrogens with one attached hydrogen (secondary N) is 1. The molecule has 0 aliphatic heterocycles. The summed E-state index contributed by atoms with van der Waals surface area (Å²) in [5, 5.41) is 2.87. The molecule has 1 N–H and O–H groups in total. The molecule has 0 aliphatic rings. The Bertz CT molecular complexity index is 285. The third kappa shape index (κ3) is 3.28. The number of amides is 1. The van der Waals surface area contributed by atoms with Gasteiger partial charge in [-0.3, -0.25) is 4.79 Å². The van der Waals surface area contributed by atoms with E-state index in [2.05, 4.69) is 11.4 Å². The summed E-state index contributed by atoms with van der Waals surface area (Å²) in [4.78, 5) is 11.5. The predicted molar refractivity (Wildman–Crippen MR) is 52.5 cm³/mol. The van der Waals surface area contributed by atoms with Gasteiger partial charge in [0.05, 0.1) is 0 Å². The third-order valence-electron chi connectivity index (χ3n) is 1.44. The topological polar surface area (TPSA) is 29.1 Å². The minimum Gasteiger partial charge on any atom is -0.347 e. The normalized spacial score (nSPS) is 11.0. The second-order valence-corrected chi connectivity index (χ2v) is 3.98. The molecule has 0 bridgehead atoms. The van der Waals surface area contributed by atoms with E-state index in [-0.39, 0.29) is 11.4 Å². The molecule has 0 saturated heterocycles. The van der Waals surface area contributed by atoms with Crippen LogP contribution < -0.4 is 5.32 Å². The maximum atomic E-state index is 11.5. The molecule has 0 unspecified atom stereocenters. The van der Waals surface area contributed by atoms with E-state index in [1.807, 2.05) is 32.9 Å². The highest BCUT2D eigenvalue weighted by molar-refractivity contribution is 5.94. The molecule has 0 saturated carbocycles. The second kappa shape index (κ2) is 3.60. The van der Waals surface area contributed by atoms with Crippen LogP contribution in [0, 0.1) is 6.07 Å². The summed E-state index contributed by atoms with van der Waals surface area (Å²) < 4.78 is 0. The minimum absolute atomic E-state index is 0.0758. The van der Waals surface area contributed by atoms with Crippen LogP contribution in [0.15, 0.2) is 24.3 Å². The first-order chi connectivity index (χ1) is 5.99. The molecule has 1 aromatic carbocycles. The first-order valence-electron chi connectivity index (χ1n) is 4.28. The van der Waals surface area contributed by atoms with Crippen molar-refractivity contribution in [3.05, 3.63) is 35.9 Å². The van der Waals surface area contributed by atoms with Gasteiger partial charge < -0.3 is 5.32 Å². The summed E-state index contributed by atoms with van der Waals surface area (Å²) in [6, 6.07) is 10.0. The lowest BCUT2D eigenvalue weighted by Crippen LogP contribution is -2.40. The van der Waals surface area contributed by atoms with Crippen LogP contribution >= 0.6 is 0 Å². The van der Waals surface area contributed by atoms with Gasteiger partial charge in [-0.1, -0.05) is 18.2 Å². The van der Waals surface area contributed by atoms with Crippen LogP contribution in [-0.2, 0) is 0 Å². The quantitative estimate of drug-likeness (QED) is 0.696. The standard InChI is InChI=1S/C11H14NO/c1-11(2,3)12-10(13)9-7-5-4-6-8-9/h4-7H,1-3H3,(H,12,13). The van der Waals surface area contributed by atoms with E-state index in [0.29, 0.717) is 5.56 Å². The zero-order valence-corrected chi connectivity index (χ0v) is 8.22. The molecule has 0 aliphatic carbocycles. The molecule has 13 heavy (non-hydrogen) atoms. The van der Waals surface area contributed by atoms with Gasteiger partial charge in [0.25, 0.3) is 5.91 Å². The Morgan fingerprint density at radius 3 is 2.54 bits per heavy atom. The van der Waals surface area contributed by atoms with Crippen molar-refractivity contribution in [2.75, 3.05) is 0 Å². The van der Waals surface area contributed by atoms with Gasteiger partial charge in [-0.15, -0.1) is 0 Å². The van der Waals surface area contributed by atoms with Gasteiger partial charge in [0, 0.05) is 11.1 Å². The number of carbonyl (C=O) groups is 1. The maximum absolute atomic E-state index is 11.5. The van der Waals surface area contributed by atoms with Crippen LogP contribution in [0.4, 0.5) is 0 Å². The number of carbonyl (C=O) groups excluding carboxylic acids is 1.